The van der Waals surface area contributed by atoms with Gasteiger partial charge in [0.25, 0.3) is 0 Å². The number of hydrogen-bond donors (Lipinski definition) is 1. The Bertz CT molecular complexity index is 574. The Kier molecular flexibility index (Phi) is 4.80. The maximum atomic E-state index is 5.74. The number of para-hydroxylation sites is 1. The molecule has 0 spiro atoms. The van der Waals surface area contributed by atoms with E-state index < -0.39 is 0 Å². The summed E-state index contributed by atoms with van der Waals surface area (Å²) in [4.78, 5) is 7.03. The highest BCUT2D eigenvalue weighted by Gasteiger charge is 2.20. The summed E-state index contributed by atoms with van der Waals surface area (Å²) >= 11 is 0. The molecule has 1 aromatic carbocycles. The molecule has 2 N–H and O–H groups in total. The summed E-state index contributed by atoms with van der Waals surface area (Å²) in [6, 6.07) is 10.5. The third-order valence-electron chi connectivity index (χ3n) is 4.12. The Balaban J connectivity index is 1.62. The van der Waals surface area contributed by atoms with Crippen LogP contribution in [0.5, 0.6) is 0 Å². The minimum Gasteiger partial charge on any atom is -0.377 e. The lowest BCUT2D eigenvalue weighted by molar-refractivity contribution is 0.00986. The standard InChI is InChI=1S/C17H23N3O/c18-8-12-21-16-6-10-20(11-7-16)13-15-4-1-3-14-5-2-9-19-17(14)15/h1-5,9,16H,6-8,10-13,18H2. The number of pyridine rings is 1. The summed E-state index contributed by atoms with van der Waals surface area (Å²) in [6.45, 7) is 4.43. The lowest BCUT2D eigenvalue weighted by atomic mass is 10.1. The fraction of sp³-hybridized carbons (Fsp3) is 0.471. The first-order valence-electron chi connectivity index (χ1n) is 7.73. The molecule has 0 saturated carbocycles. The van der Waals surface area contributed by atoms with E-state index in [0.29, 0.717) is 19.3 Å². The van der Waals surface area contributed by atoms with Gasteiger partial charge in [-0.2, -0.15) is 0 Å². The van der Waals surface area contributed by atoms with Crippen LogP contribution in [0.15, 0.2) is 36.5 Å². The fourth-order valence-corrected chi connectivity index (χ4v) is 3.00. The van der Waals surface area contributed by atoms with Crippen molar-refractivity contribution in [3.8, 4) is 0 Å². The number of fused-ring (bicyclic) bond motifs is 1. The van der Waals surface area contributed by atoms with E-state index in [1.807, 2.05) is 12.3 Å². The van der Waals surface area contributed by atoms with E-state index in [4.69, 9.17) is 10.5 Å². The number of likely N-dealkylation sites (tertiary alicyclic amines) is 1. The SMILES string of the molecule is NCCOC1CCN(Cc2cccc3cccnc23)CC1. The Labute approximate surface area is 125 Å². The van der Waals surface area contributed by atoms with Crippen LogP contribution >= 0.6 is 0 Å². The number of ether oxygens (including phenoxy) is 1. The van der Waals surface area contributed by atoms with Crippen LogP contribution < -0.4 is 5.73 Å². The quantitative estimate of drug-likeness (QED) is 0.915. The molecule has 1 fully saturated rings. The second-order valence-corrected chi connectivity index (χ2v) is 5.63. The zero-order valence-electron chi connectivity index (χ0n) is 12.4. The van der Waals surface area contributed by atoms with Crippen molar-refractivity contribution in [2.24, 2.45) is 5.73 Å². The molecule has 0 bridgehead atoms. The summed E-state index contributed by atoms with van der Waals surface area (Å²) < 4.78 is 5.74. The molecule has 1 saturated heterocycles. The van der Waals surface area contributed by atoms with E-state index in [9.17, 15) is 0 Å². The number of aromatic nitrogens is 1. The van der Waals surface area contributed by atoms with Gasteiger partial charge in [0.1, 0.15) is 0 Å². The number of nitrogens with two attached hydrogens (primary N) is 1. The molecule has 21 heavy (non-hydrogen) atoms. The Morgan fingerprint density at radius 1 is 1.19 bits per heavy atom. The highest BCUT2D eigenvalue weighted by Crippen LogP contribution is 2.20. The maximum absolute atomic E-state index is 5.74. The van der Waals surface area contributed by atoms with Crippen LogP contribution in [-0.2, 0) is 11.3 Å². The van der Waals surface area contributed by atoms with Gasteiger partial charge in [-0.3, -0.25) is 9.88 Å². The third-order valence-corrected chi connectivity index (χ3v) is 4.12. The molecule has 0 radical (unpaired) electrons. The van der Waals surface area contributed by atoms with E-state index in [1.165, 1.54) is 10.9 Å². The van der Waals surface area contributed by atoms with Crippen LogP contribution in [0.3, 0.4) is 0 Å². The third kappa shape index (κ3) is 3.59. The van der Waals surface area contributed by atoms with Gasteiger partial charge in [0.05, 0.1) is 18.2 Å². The summed E-state index contributed by atoms with van der Waals surface area (Å²) in [5.41, 5.74) is 7.93. The van der Waals surface area contributed by atoms with Crippen LogP contribution in [0.1, 0.15) is 18.4 Å². The van der Waals surface area contributed by atoms with Crippen molar-refractivity contribution in [3.05, 3.63) is 42.1 Å². The van der Waals surface area contributed by atoms with Gasteiger partial charge in [-0.1, -0.05) is 24.3 Å². The van der Waals surface area contributed by atoms with Crippen molar-refractivity contribution in [2.75, 3.05) is 26.2 Å². The largest absolute Gasteiger partial charge is 0.377 e. The lowest BCUT2D eigenvalue weighted by Gasteiger charge is -2.32. The molecule has 4 nitrogen and oxygen atoms in total. The molecule has 1 aliphatic rings. The predicted octanol–water partition coefficient (Wildman–Crippen LogP) is 2.17. The first-order chi connectivity index (χ1) is 10.4. The number of benzene rings is 1. The van der Waals surface area contributed by atoms with Gasteiger partial charge in [0.2, 0.25) is 0 Å². The monoisotopic (exact) mass is 285 g/mol. The van der Waals surface area contributed by atoms with Gasteiger partial charge >= 0.3 is 0 Å². The maximum Gasteiger partial charge on any atom is 0.0746 e. The van der Waals surface area contributed by atoms with Crippen molar-refractivity contribution in [1.82, 2.24) is 9.88 Å². The smallest absolute Gasteiger partial charge is 0.0746 e. The minimum absolute atomic E-state index is 0.385. The zero-order chi connectivity index (χ0) is 14.5. The summed E-state index contributed by atoms with van der Waals surface area (Å²) in [5, 5.41) is 1.22. The topological polar surface area (TPSA) is 51.4 Å². The van der Waals surface area contributed by atoms with E-state index in [0.717, 1.165) is 38.0 Å². The zero-order valence-corrected chi connectivity index (χ0v) is 12.4. The molecule has 1 aromatic heterocycles. The first kappa shape index (κ1) is 14.4. The molecule has 112 valence electrons. The van der Waals surface area contributed by atoms with Crippen molar-refractivity contribution < 1.29 is 4.74 Å². The van der Waals surface area contributed by atoms with Gasteiger partial charge in [0.15, 0.2) is 0 Å². The molecule has 2 heterocycles. The van der Waals surface area contributed by atoms with Crippen molar-refractivity contribution in [2.45, 2.75) is 25.5 Å². The molecule has 0 aliphatic carbocycles. The van der Waals surface area contributed by atoms with Crippen LogP contribution in [0.2, 0.25) is 0 Å². The molecule has 0 amide bonds. The van der Waals surface area contributed by atoms with E-state index in [-0.39, 0.29) is 0 Å². The highest BCUT2D eigenvalue weighted by molar-refractivity contribution is 5.81. The van der Waals surface area contributed by atoms with Gasteiger partial charge in [0, 0.05) is 37.8 Å². The molecule has 2 aromatic rings. The first-order valence-corrected chi connectivity index (χ1v) is 7.73. The number of piperidine rings is 1. The van der Waals surface area contributed by atoms with Gasteiger partial charge in [-0.15, -0.1) is 0 Å². The average molecular weight is 285 g/mol. The Morgan fingerprint density at radius 3 is 2.81 bits per heavy atom. The lowest BCUT2D eigenvalue weighted by Crippen LogP contribution is -2.37. The van der Waals surface area contributed by atoms with Crippen LogP contribution in [-0.4, -0.2) is 42.2 Å². The van der Waals surface area contributed by atoms with Crippen LogP contribution in [0.4, 0.5) is 0 Å². The van der Waals surface area contributed by atoms with E-state index >= 15 is 0 Å². The van der Waals surface area contributed by atoms with Gasteiger partial charge in [-0.25, -0.2) is 0 Å². The van der Waals surface area contributed by atoms with Crippen molar-refractivity contribution in [1.29, 1.82) is 0 Å². The molecule has 4 heteroatoms. The number of nitrogens with zero attached hydrogens (tertiary/aromatic N) is 2. The van der Waals surface area contributed by atoms with Gasteiger partial charge in [-0.05, 0) is 24.5 Å². The number of hydrogen-bond acceptors (Lipinski definition) is 4. The predicted molar refractivity (Wildman–Crippen MR) is 85.0 cm³/mol. The van der Waals surface area contributed by atoms with Crippen molar-refractivity contribution >= 4 is 10.9 Å². The van der Waals surface area contributed by atoms with Crippen molar-refractivity contribution in [3.63, 3.8) is 0 Å². The second kappa shape index (κ2) is 6.98. The molecule has 1 aliphatic heterocycles. The molecule has 3 rings (SSSR count). The van der Waals surface area contributed by atoms with Crippen LogP contribution in [0.25, 0.3) is 10.9 Å². The summed E-state index contributed by atoms with van der Waals surface area (Å²) in [6.07, 6.45) is 4.45. The molecular formula is C17H23N3O. The number of rotatable bonds is 5. The minimum atomic E-state index is 0.385. The Morgan fingerprint density at radius 2 is 2.00 bits per heavy atom. The average Bonchev–Trinajstić information content (AvgIpc) is 2.55. The van der Waals surface area contributed by atoms with E-state index in [2.05, 4.69) is 34.1 Å². The summed E-state index contributed by atoms with van der Waals surface area (Å²) in [7, 11) is 0. The highest BCUT2D eigenvalue weighted by atomic mass is 16.5. The molecule has 0 unspecified atom stereocenters. The van der Waals surface area contributed by atoms with E-state index in [1.54, 1.807) is 0 Å². The fourth-order valence-electron chi connectivity index (χ4n) is 3.00. The second-order valence-electron chi connectivity index (χ2n) is 5.63. The Hall–Kier alpha value is -1.49. The summed E-state index contributed by atoms with van der Waals surface area (Å²) in [5.74, 6) is 0. The molecule has 0 atom stereocenters. The van der Waals surface area contributed by atoms with Gasteiger partial charge < -0.3 is 10.5 Å². The normalized spacial score (nSPS) is 17.4. The van der Waals surface area contributed by atoms with Crippen LogP contribution in [0, 0.1) is 0 Å². The molecular weight excluding hydrogens is 262 g/mol.